The van der Waals surface area contributed by atoms with Crippen molar-refractivity contribution in [3.63, 3.8) is 0 Å². The molecule has 0 aliphatic carbocycles. The highest BCUT2D eigenvalue weighted by molar-refractivity contribution is 4.92. The second-order valence-corrected chi connectivity index (χ2v) is 3.84. The fourth-order valence-electron chi connectivity index (χ4n) is 0.868. The zero-order valence-corrected chi connectivity index (χ0v) is 7.44. The van der Waals surface area contributed by atoms with Gasteiger partial charge in [0.2, 0.25) is 6.19 Å². The van der Waals surface area contributed by atoms with Crippen molar-refractivity contribution >= 4 is 0 Å². The minimum absolute atomic E-state index is 0.101. The van der Waals surface area contributed by atoms with Crippen LogP contribution in [0.25, 0.3) is 0 Å². The third-order valence-electron chi connectivity index (χ3n) is 1.32. The first-order valence-electron chi connectivity index (χ1n) is 3.70. The van der Waals surface area contributed by atoms with Crippen LogP contribution in [0.2, 0.25) is 0 Å². The lowest BCUT2D eigenvalue weighted by molar-refractivity contribution is 0.397. The van der Waals surface area contributed by atoms with Crippen LogP contribution in [0.5, 0.6) is 0 Å². The second kappa shape index (κ2) is 2.89. The average Bonchev–Trinajstić information content (AvgIpc) is 2.31. The van der Waals surface area contributed by atoms with Gasteiger partial charge in [0.15, 0.2) is 5.82 Å². The lowest BCUT2D eigenvalue weighted by atomic mass is 9.92. The summed E-state index contributed by atoms with van der Waals surface area (Å²) in [7, 11) is 0. The standard InChI is InChI=1S/C7H11N5/c1-7(2,3)4-6-9-10-11-12(6)5-8/h4H2,1-3H3. The molecule has 0 spiro atoms. The number of rotatable bonds is 1. The van der Waals surface area contributed by atoms with E-state index in [2.05, 4.69) is 36.3 Å². The van der Waals surface area contributed by atoms with Crippen molar-refractivity contribution in [3.8, 4) is 6.19 Å². The van der Waals surface area contributed by atoms with Gasteiger partial charge in [0.1, 0.15) is 0 Å². The first-order chi connectivity index (χ1) is 5.53. The molecule has 0 atom stereocenters. The molecule has 1 aromatic rings. The number of hydrogen-bond acceptors (Lipinski definition) is 4. The van der Waals surface area contributed by atoms with Crippen LogP contribution in [0, 0.1) is 16.9 Å². The van der Waals surface area contributed by atoms with E-state index in [1.165, 1.54) is 0 Å². The van der Waals surface area contributed by atoms with Gasteiger partial charge in [-0.3, -0.25) is 0 Å². The summed E-state index contributed by atoms with van der Waals surface area (Å²) in [5.74, 6) is 0.616. The molecule has 0 aromatic carbocycles. The van der Waals surface area contributed by atoms with E-state index >= 15 is 0 Å². The van der Waals surface area contributed by atoms with Crippen molar-refractivity contribution in [1.82, 2.24) is 20.2 Å². The molecule has 0 radical (unpaired) electrons. The Morgan fingerprint density at radius 2 is 2.17 bits per heavy atom. The van der Waals surface area contributed by atoms with Crippen molar-refractivity contribution in [3.05, 3.63) is 5.82 Å². The average molecular weight is 165 g/mol. The third kappa shape index (κ3) is 2.02. The quantitative estimate of drug-likeness (QED) is 0.610. The van der Waals surface area contributed by atoms with Gasteiger partial charge < -0.3 is 0 Å². The fraction of sp³-hybridized carbons (Fsp3) is 0.714. The van der Waals surface area contributed by atoms with Crippen molar-refractivity contribution < 1.29 is 0 Å². The SMILES string of the molecule is CC(C)(C)Cc1nnnn1C#N. The topological polar surface area (TPSA) is 67.4 Å². The smallest absolute Gasteiger partial charge is 0.170 e. The Morgan fingerprint density at radius 3 is 2.67 bits per heavy atom. The molecule has 0 bridgehead atoms. The minimum atomic E-state index is 0.101. The molecule has 64 valence electrons. The molecule has 0 aliphatic heterocycles. The molecule has 12 heavy (non-hydrogen) atoms. The van der Waals surface area contributed by atoms with Gasteiger partial charge in [-0.25, -0.2) is 0 Å². The summed E-state index contributed by atoms with van der Waals surface area (Å²) in [4.78, 5) is 0. The van der Waals surface area contributed by atoms with Crippen LogP contribution in [0.15, 0.2) is 0 Å². The maximum Gasteiger partial charge on any atom is 0.209 e. The maximum absolute atomic E-state index is 8.57. The minimum Gasteiger partial charge on any atom is -0.170 e. The summed E-state index contributed by atoms with van der Waals surface area (Å²) in [5, 5.41) is 19.3. The van der Waals surface area contributed by atoms with Crippen LogP contribution in [0.4, 0.5) is 0 Å². The predicted molar refractivity (Wildman–Crippen MR) is 42.0 cm³/mol. The van der Waals surface area contributed by atoms with Crippen molar-refractivity contribution in [2.24, 2.45) is 5.41 Å². The van der Waals surface area contributed by atoms with Gasteiger partial charge in [0.25, 0.3) is 0 Å². The van der Waals surface area contributed by atoms with Crippen molar-refractivity contribution in [2.45, 2.75) is 27.2 Å². The monoisotopic (exact) mass is 165 g/mol. The van der Waals surface area contributed by atoms with E-state index in [4.69, 9.17) is 5.26 Å². The van der Waals surface area contributed by atoms with Crippen molar-refractivity contribution in [2.75, 3.05) is 0 Å². The van der Waals surface area contributed by atoms with Crippen molar-refractivity contribution in [1.29, 1.82) is 5.26 Å². The summed E-state index contributed by atoms with van der Waals surface area (Å²) in [6.45, 7) is 6.22. The van der Waals surface area contributed by atoms with Crippen LogP contribution in [0.1, 0.15) is 26.6 Å². The van der Waals surface area contributed by atoms with Gasteiger partial charge in [0.05, 0.1) is 0 Å². The lowest BCUT2D eigenvalue weighted by Gasteiger charge is -2.15. The molecular formula is C7H11N5. The molecule has 1 rings (SSSR count). The van der Waals surface area contributed by atoms with Gasteiger partial charge in [-0.15, -0.1) is 9.78 Å². The van der Waals surface area contributed by atoms with E-state index in [9.17, 15) is 0 Å². The zero-order valence-electron chi connectivity index (χ0n) is 7.44. The summed E-state index contributed by atoms with van der Waals surface area (Å²) < 4.78 is 1.14. The first-order valence-corrected chi connectivity index (χ1v) is 3.70. The van der Waals surface area contributed by atoms with Gasteiger partial charge >= 0.3 is 0 Å². The summed E-state index contributed by atoms with van der Waals surface area (Å²) in [6.07, 6.45) is 2.58. The van der Waals surface area contributed by atoms with Gasteiger partial charge in [-0.1, -0.05) is 20.8 Å². The maximum atomic E-state index is 8.57. The van der Waals surface area contributed by atoms with Gasteiger partial charge in [-0.05, 0) is 15.8 Å². The largest absolute Gasteiger partial charge is 0.209 e. The van der Waals surface area contributed by atoms with Gasteiger partial charge in [-0.2, -0.15) is 5.26 Å². The summed E-state index contributed by atoms with van der Waals surface area (Å²) in [6, 6.07) is 0. The Hall–Kier alpha value is -1.44. The van der Waals surface area contributed by atoms with Crippen LogP contribution < -0.4 is 0 Å². The molecule has 0 saturated heterocycles. The Balaban J connectivity index is 2.84. The highest BCUT2D eigenvalue weighted by Crippen LogP contribution is 2.17. The Morgan fingerprint density at radius 1 is 1.50 bits per heavy atom. The zero-order chi connectivity index (χ0) is 9.19. The first kappa shape index (κ1) is 8.65. The molecule has 0 aliphatic rings. The highest BCUT2D eigenvalue weighted by Gasteiger charge is 2.16. The normalized spacial score (nSPS) is 11.2. The molecule has 0 amide bonds. The molecule has 0 N–H and O–H groups in total. The number of nitrogens with zero attached hydrogens (tertiary/aromatic N) is 5. The number of nitriles is 1. The Labute approximate surface area is 71.0 Å². The Bertz CT molecular complexity index is 300. The van der Waals surface area contributed by atoms with Crippen LogP contribution in [-0.2, 0) is 6.42 Å². The van der Waals surface area contributed by atoms with E-state index in [1.807, 2.05) is 6.19 Å². The van der Waals surface area contributed by atoms with Crippen LogP contribution >= 0.6 is 0 Å². The molecule has 1 heterocycles. The number of tetrazole rings is 1. The van der Waals surface area contributed by atoms with E-state index in [-0.39, 0.29) is 5.41 Å². The Kier molecular flexibility index (Phi) is 2.09. The van der Waals surface area contributed by atoms with E-state index in [0.717, 1.165) is 4.68 Å². The van der Waals surface area contributed by atoms with E-state index < -0.39 is 0 Å². The molecule has 0 unspecified atom stereocenters. The van der Waals surface area contributed by atoms with Crippen LogP contribution in [0.3, 0.4) is 0 Å². The van der Waals surface area contributed by atoms with Crippen LogP contribution in [-0.4, -0.2) is 20.2 Å². The second-order valence-electron chi connectivity index (χ2n) is 3.84. The van der Waals surface area contributed by atoms with Gasteiger partial charge in [0, 0.05) is 6.42 Å². The molecule has 5 nitrogen and oxygen atoms in total. The molecular weight excluding hydrogens is 154 g/mol. The fourth-order valence-corrected chi connectivity index (χ4v) is 0.868. The summed E-state index contributed by atoms with van der Waals surface area (Å²) in [5.41, 5.74) is 0.101. The molecule has 5 heteroatoms. The number of hydrogen-bond donors (Lipinski definition) is 0. The molecule has 1 aromatic heterocycles. The lowest BCUT2D eigenvalue weighted by Crippen LogP contribution is -2.13. The molecule has 0 saturated carbocycles. The third-order valence-corrected chi connectivity index (χ3v) is 1.32. The van der Waals surface area contributed by atoms with E-state index in [1.54, 1.807) is 0 Å². The number of aromatic nitrogens is 4. The highest BCUT2D eigenvalue weighted by atomic mass is 15.5. The van der Waals surface area contributed by atoms with E-state index in [0.29, 0.717) is 12.2 Å². The molecule has 0 fully saturated rings. The summed E-state index contributed by atoms with van der Waals surface area (Å²) >= 11 is 0. The predicted octanol–water partition coefficient (Wildman–Crippen LogP) is 0.591.